The molecule has 0 aliphatic carbocycles. The Kier molecular flexibility index (Phi) is 8.05. The fourth-order valence-electron chi connectivity index (χ4n) is 5.64. The van der Waals surface area contributed by atoms with E-state index in [0.717, 1.165) is 4.57 Å². The van der Waals surface area contributed by atoms with Crippen LogP contribution in [0.15, 0.2) is 92.2 Å². The Morgan fingerprint density at radius 1 is 1.13 bits per heavy atom. The number of aromatic nitrogens is 1. The minimum Gasteiger partial charge on any atom is -0.496 e. The summed E-state index contributed by atoms with van der Waals surface area (Å²) in [6.45, 7) is 2.82. The number of rotatable bonds is 7. The van der Waals surface area contributed by atoms with Gasteiger partial charge < -0.3 is 13.9 Å². The molecule has 5 aromatic rings. The predicted molar refractivity (Wildman–Crippen MR) is 167 cm³/mol. The lowest BCUT2D eigenvalue weighted by atomic mass is 9.90. The zero-order valence-corrected chi connectivity index (χ0v) is 25.8. The molecule has 1 aliphatic heterocycles. The summed E-state index contributed by atoms with van der Waals surface area (Å²) in [5.74, 6) is -0.680. The zero-order valence-electron chi connectivity index (χ0n) is 25.0. The molecule has 1 aliphatic rings. The van der Waals surface area contributed by atoms with Crippen molar-refractivity contribution < 1.29 is 36.8 Å². The van der Waals surface area contributed by atoms with Crippen molar-refractivity contribution in [1.82, 2.24) is 4.57 Å². The number of fused-ring (bicyclic) bond motifs is 2. The number of benzene rings is 3. The number of nitrogens with zero attached hydrogens (tertiary/aromatic N) is 3. The molecule has 0 spiro atoms. The normalized spacial score (nSPS) is 15.0. The number of carbonyl (C=O) groups excluding carboxylic acids is 1. The van der Waals surface area contributed by atoms with Crippen molar-refractivity contribution in [2.24, 2.45) is 4.99 Å². The second kappa shape index (κ2) is 12.0. The first-order valence-electron chi connectivity index (χ1n) is 14.1. The van der Waals surface area contributed by atoms with Crippen molar-refractivity contribution in [2.75, 3.05) is 13.7 Å². The van der Waals surface area contributed by atoms with E-state index in [1.807, 2.05) is 0 Å². The first-order chi connectivity index (χ1) is 22.4. The zero-order chi connectivity index (χ0) is 33.6. The molecule has 47 heavy (non-hydrogen) atoms. The van der Waals surface area contributed by atoms with Crippen molar-refractivity contribution >= 4 is 39.8 Å². The Labute approximate surface area is 267 Å². The van der Waals surface area contributed by atoms with Crippen LogP contribution in [0.1, 0.15) is 29.9 Å². The molecular weight excluding hydrogens is 639 g/mol. The minimum absolute atomic E-state index is 0.0312. The fraction of sp³-hybridized carbons (Fsp3) is 0.182. The Hall–Kier alpha value is -5.50. The number of alkyl halides is 3. The molecule has 0 N–H and O–H groups in total. The van der Waals surface area contributed by atoms with Gasteiger partial charge >= 0.3 is 12.1 Å². The van der Waals surface area contributed by atoms with Gasteiger partial charge in [0.2, 0.25) is 0 Å². The number of hydrogen-bond acceptors (Lipinski definition) is 9. The summed E-state index contributed by atoms with van der Waals surface area (Å²) < 4.78 is 61.6. The van der Waals surface area contributed by atoms with E-state index < -0.39 is 39.9 Å². The maximum atomic E-state index is 14.7. The molecule has 0 bridgehead atoms. The molecule has 3 aromatic carbocycles. The average Bonchev–Trinajstić information content (AvgIpc) is 3.63. The molecule has 0 saturated heterocycles. The van der Waals surface area contributed by atoms with Crippen LogP contribution in [0.4, 0.5) is 18.9 Å². The highest BCUT2D eigenvalue weighted by Gasteiger charge is 2.46. The molecule has 6 rings (SSSR count). The lowest BCUT2D eigenvalue weighted by Gasteiger charge is -2.28. The summed E-state index contributed by atoms with van der Waals surface area (Å²) >= 11 is 0.687. The third-order valence-electron chi connectivity index (χ3n) is 7.69. The Morgan fingerprint density at radius 2 is 1.89 bits per heavy atom. The smallest absolute Gasteiger partial charge is 0.434 e. The van der Waals surface area contributed by atoms with Gasteiger partial charge in [0.15, 0.2) is 10.5 Å². The van der Waals surface area contributed by atoms with E-state index in [1.54, 1.807) is 55.5 Å². The number of esters is 1. The Balaban J connectivity index is 1.61. The van der Waals surface area contributed by atoms with Gasteiger partial charge in [-0.25, -0.2) is 9.79 Å². The van der Waals surface area contributed by atoms with Gasteiger partial charge in [-0.15, -0.1) is 0 Å². The average molecular weight is 664 g/mol. The van der Waals surface area contributed by atoms with Gasteiger partial charge in [-0.05, 0) is 42.8 Å². The van der Waals surface area contributed by atoms with Crippen molar-refractivity contribution in [2.45, 2.75) is 26.1 Å². The van der Waals surface area contributed by atoms with Gasteiger partial charge in [-0.1, -0.05) is 53.8 Å². The largest absolute Gasteiger partial charge is 0.496 e. The topological polar surface area (TPSA) is 126 Å². The highest BCUT2D eigenvalue weighted by molar-refractivity contribution is 7.07. The second-order valence-electron chi connectivity index (χ2n) is 10.4. The number of thiazole rings is 1. The third kappa shape index (κ3) is 5.50. The predicted octanol–water partition coefficient (Wildman–Crippen LogP) is 5.98. The van der Waals surface area contributed by atoms with E-state index in [9.17, 15) is 32.9 Å². The van der Waals surface area contributed by atoms with E-state index in [1.165, 1.54) is 38.3 Å². The molecule has 0 radical (unpaired) electrons. The second-order valence-corrected chi connectivity index (χ2v) is 11.4. The minimum atomic E-state index is -5.08. The van der Waals surface area contributed by atoms with Gasteiger partial charge in [0.05, 0.1) is 28.7 Å². The van der Waals surface area contributed by atoms with Crippen molar-refractivity contribution in [1.29, 1.82) is 0 Å². The number of methoxy groups -OCH3 is 1. The highest BCUT2D eigenvalue weighted by Crippen LogP contribution is 2.43. The van der Waals surface area contributed by atoms with E-state index in [2.05, 4.69) is 4.99 Å². The van der Waals surface area contributed by atoms with Crippen LogP contribution in [0, 0.1) is 17.0 Å². The number of furan rings is 1. The monoisotopic (exact) mass is 663 g/mol. The van der Waals surface area contributed by atoms with Crippen LogP contribution in [0.25, 0.3) is 28.2 Å². The van der Waals surface area contributed by atoms with Crippen LogP contribution in [-0.2, 0) is 9.53 Å². The molecular formula is C33H24F3N3O7S. The van der Waals surface area contributed by atoms with E-state index in [-0.39, 0.29) is 44.5 Å². The maximum absolute atomic E-state index is 14.7. The van der Waals surface area contributed by atoms with Crippen LogP contribution < -0.4 is 19.6 Å². The number of ether oxygens (including phenoxy) is 2. The van der Waals surface area contributed by atoms with Gasteiger partial charge in [0, 0.05) is 28.8 Å². The lowest BCUT2D eigenvalue weighted by Crippen LogP contribution is -2.41. The highest BCUT2D eigenvalue weighted by atomic mass is 32.1. The quantitative estimate of drug-likeness (QED) is 0.119. The van der Waals surface area contributed by atoms with Crippen LogP contribution >= 0.6 is 11.3 Å². The Morgan fingerprint density at radius 3 is 2.60 bits per heavy atom. The van der Waals surface area contributed by atoms with Crippen molar-refractivity contribution in [3.8, 4) is 17.1 Å². The van der Waals surface area contributed by atoms with Crippen LogP contribution in [0.5, 0.6) is 5.75 Å². The van der Waals surface area contributed by atoms with Gasteiger partial charge in [0.25, 0.3) is 11.2 Å². The van der Waals surface area contributed by atoms with E-state index >= 15 is 0 Å². The number of nitro groups is 1. The van der Waals surface area contributed by atoms with Gasteiger partial charge in [0.1, 0.15) is 23.3 Å². The molecule has 10 nitrogen and oxygen atoms in total. The standard InChI is InChI=1S/C33H24F3N3O7S/c1-4-45-31(41)27-28(26-21-9-6-5-8-18(21)12-14-24(26)44-3)38-30(40)25(47-32(38)37-29(27)33(34,35)36)16-19-13-15-23(46-19)20-10-7-11-22(17(20)2)39(42)43/h5-16,28H,4H2,1-3H3/b25-16-/t28-/m1/s1. The third-order valence-corrected chi connectivity index (χ3v) is 8.67. The number of halogens is 3. The fourth-order valence-corrected chi connectivity index (χ4v) is 6.62. The number of carbonyl (C=O) groups is 1. The molecule has 3 heterocycles. The van der Waals surface area contributed by atoms with E-state index in [0.29, 0.717) is 33.2 Å². The molecule has 14 heteroatoms. The van der Waals surface area contributed by atoms with E-state index in [4.69, 9.17) is 13.9 Å². The maximum Gasteiger partial charge on any atom is 0.434 e. The molecule has 0 saturated carbocycles. The molecule has 2 aromatic heterocycles. The molecule has 0 unspecified atom stereocenters. The molecule has 240 valence electrons. The summed E-state index contributed by atoms with van der Waals surface area (Å²) in [5.41, 5.74) is -2.19. The lowest BCUT2D eigenvalue weighted by molar-refractivity contribution is -0.385. The summed E-state index contributed by atoms with van der Waals surface area (Å²) in [6.07, 6.45) is -3.74. The SMILES string of the molecule is CCOC(=O)C1=C(C(F)(F)F)N=c2s/c(=C\c3ccc(-c4cccc([N+](=O)[O-])c4C)o3)c(=O)n2[C@@H]1c1c(OC)ccc2ccccc12. The number of allylic oxidation sites excluding steroid dienone is 1. The van der Waals surface area contributed by atoms with Crippen LogP contribution in [0.3, 0.4) is 0 Å². The first kappa shape index (κ1) is 31.5. The summed E-state index contributed by atoms with van der Waals surface area (Å²) in [4.78, 5) is 41.9. The summed E-state index contributed by atoms with van der Waals surface area (Å²) in [5, 5.41) is 12.5. The van der Waals surface area contributed by atoms with Crippen LogP contribution in [0.2, 0.25) is 0 Å². The number of hydrogen-bond donors (Lipinski definition) is 0. The van der Waals surface area contributed by atoms with Crippen molar-refractivity contribution in [3.05, 3.63) is 125 Å². The molecule has 1 atom stereocenters. The van der Waals surface area contributed by atoms with Crippen molar-refractivity contribution in [3.63, 3.8) is 0 Å². The van der Waals surface area contributed by atoms with Gasteiger partial charge in [-0.3, -0.25) is 19.5 Å². The Bertz CT molecular complexity index is 2300. The molecule has 0 amide bonds. The summed E-state index contributed by atoms with van der Waals surface area (Å²) in [7, 11) is 1.34. The summed E-state index contributed by atoms with van der Waals surface area (Å²) in [6, 6.07) is 16.1. The van der Waals surface area contributed by atoms with Gasteiger partial charge in [-0.2, -0.15) is 13.2 Å². The first-order valence-corrected chi connectivity index (χ1v) is 15.0. The number of nitro benzene ring substituents is 1. The molecule has 0 fully saturated rings. The van der Waals surface area contributed by atoms with Crippen LogP contribution in [-0.4, -0.2) is 35.4 Å².